The second-order valence-electron chi connectivity index (χ2n) is 3.49. The number of aryl methyl sites for hydroxylation is 4. The van der Waals surface area contributed by atoms with E-state index in [1.165, 1.54) is 11.4 Å². The van der Waals surface area contributed by atoms with E-state index in [-0.39, 0.29) is 0 Å². The van der Waals surface area contributed by atoms with Crippen LogP contribution in [0.25, 0.3) is 0 Å². The van der Waals surface area contributed by atoms with E-state index in [1.54, 1.807) is 0 Å². The Labute approximate surface area is 83.2 Å². The van der Waals surface area contributed by atoms with Gasteiger partial charge in [0.15, 0.2) is 0 Å². The molecule has 0 spiro atoms. The number of nitrogens with zero attached hydrogens (tertiary/aromatic N) is 4. The molecule has 4 nitrogen and oxygen atoms in total. The Morgan fingerprint density at radius 1 is 0.929 bits per heavy atom. The van der Waals surface area contributed by atoms with E-state index >= 15 is 0 Å². The van der Waals surface area contributed by atoms with Gasteiger partial charge in [0, 0.05) is 37.9 Å². The van der Waals surface area contributed by atoms with Crippen molar-refractivity contribution in [2.24, 2.45) is 14.1 Å². The summed E-state index contributed by atoms with van der Waals surface area (Å²) in [6, 6.07) is 0. The molecule has 2 aromatic rings. The average Bonchev–Trinajstić information content (AvgIpc) is 2.72. The molecule has 0 aliphatic heterocycles. The first-order valence-electron chi connectivity index (χ1n) is 4.68. The Morgan fingerprint density at radius 2 is 1.36 bits per heavy atom. The predicted octanol–water partition coefficient (Wildman–Crippen LogP) is 0.939. The fourth-order valence-corrected chi connectivity index (χ4v) is 1.51. The van der Waals surface area contributed by atoms with E-state index in [9.17, 15) is 0 Å². The van der Waals surface area contributed by atoms with E-state index in [0.29, 0.717) is 0 Å². The molecule has 0 saturated heterocycles. The minimum Gasteiger partial charge on any atom is -0.338 e. The van der Waals surface area contributed by atoms with Crippen LogP contribution >= 0.6 is 0 Å². The van der Waals surface area contributed by atoms with E-state index < -0.39 is 0 Å². The molecule has 2 rings (SSSR count). The molecule has 0 atom stereocenters. The number of aromatic nitrogens is 4. The van der Waals surface area contributed by atoms with Gasteiger partial charge in [-0.15, -0.1) is 0 Å². The molecule has 4 heteroatoms. The van der Waals surface area contributed by atoms with Crippen molar-refractivity contribution >= 4 is 0 Å². The maximum Gasteiger partial charge on any atom is 0.0945 e. The van der Waals surface area contributed by atoms with E-state index in [1.807, 2.05) is 39.1 Å². The summed E-state index contributed by atoms with van der Waals surface area (Å²) >= 11 is 0. The zero-order valence-corrected chi connectivity index (χ0v) is 8.51. The molecule has 0 aliphatic rings. The summed E-state index contributed by atoms with van der Waals surface area (Å²) in [5, 5.41) is 0. The summed E-state index contributed by atoms with van der Waals surface area (Å²) in [6.07, 6.45) is 9.51. The largest absolute Gasteiger partial charge is 0.338 e. The van der Waals surface area contributed by atoms with Crippen molar-refractivity contribution in [3.63, 3.8) is 0 Å². The molecule has 74 valence electrons. The van der Waals surface area contributed by atoms with Crippen molar-refractivity contribution in [2.45, 2.75) is 12.8 Å². The van der Waals surface area contributed by atoms with Crippen LogP contribution in [0.5, 0.6) is 0 Å². The lowest BCUT2D eigenvalue weighted by Gasteiger charge is -2.02. The van der Waals surface area contributed by atoms with Gasteiger partial charge in [0.2, 0.25) is 0 Å². The summed E-state index contributed by atoms with van der Waals surface area (Å²) in [5.41, 5.74) is 2.51. The van der Waals surface area contributed by atoms with Gasteiger partial charge in [0.25, 0.3) is 0 Å². The van der Waals surface area contributed by atoms with Crippen LogP contribution in [0.2, 0.25) is 0 Å². The highest BCUT2D eigenvalue weighted by atomic mass is 15.0. The molecule has 0 fully saturated rings. The number of imidazole rings is 2. The highest BCUT2D eigenvalue weighted by Gasteiger charge is 2.01. The topological polar surface area (TPSA) is 35.6 Å². The first-order valence-corrected chi connectivity index (χ1v) is 4.68. The lowest BCUT2D eigenvalue weighted by molar-refractivity contribution is 0.753. The van der Waals surface area contributed by atoms with Gasteiger partial charge in [-0.2, -0.15) is 0 Å². The van der Waals surface area contributed by atoms with Gasteiger partial charge in [0.05, 0.1) is 12.7 Å². The van der Waals surface area contributed by atoms with Crippen LogP contribution < -0.4 is 0 Å². The van der Waals surface area contributed by atoms with Gasteiger partial charge < -0.3 is 9.13 Å². The summed E-state index contributed by atoms with van der Waals surface area (Å²) in [7, 11) is 4.04. The molecule has 0 unspecified atom stereocenters. The Morgan fingerprint density at radius 3 is 1.64 bits per heavy atom. The Hall–Kier alpha value is -1.58. The van der Waals surface area contributed by atoms with Gasteiger partial charge >= 0.3 is 0 Å². The molecule has 0 aliphatic carbocycles. The lowest BCUT2D eigenvalue weighted by Crippen LogP contribution is -2.01. The van der Waals surface area contributed by atoms with Gasteiger partial charge in [0.1, 0.15) is 0 Å². The molecule has 0 bridgehead atoms. The molecule has 2 heterocycles. The van der Waals surface area contributed by atoms with Crippen molar-refractivity contribution in [3.8, 4) is 0 Å². The van der Waals surface area contributed by atoms with Gasteiger partial charge in [-0.25, -0.2) is 9.97 Å². The number of hydrogen-bond acceptors (Lipinski definition) is 2. The zero-order valence-electron chi connectivity index (χ0n) is 8.51. The third-order valence-electron chi connectivity index (χ3n) is 2.47. The van der Waals surface area contributed by atoms with E-state index in [0.717, 1.165) is 12.8 Å². The first-order chi connectivity index (χ1) is 6.77. The molecule has 2 aromatic heterocycles. The van der Waals surface area contributed by atoms with Gasteiger partial charge in [-0.1, -0.05) is 0 Å². The van der Waals surface area contributed by atoms with Crippen LogP contribution in [0.4, 0.5) is 0 Å². The zero-order chi connectivity index (χ0) is 9.97. The number of hydrogen-bond donors (Lipinski definition) is 0. The third-order valence-corrected chi connectivity index (χ3v) is 2.47. The van der Waals surface area contributed by atoms with Gasteiger partial charge in [-0.3, -0.25) is 0 Å². The second-order valence-corrected chi connectivity index (χ2v) is 3.49. The normalized spacial score (nSPS) is 10.7. The van der Waals surface area contributed by atoms with Crippen LogP contribution in [0.15, 0.2) is 25.0 Å². The van der Waals surface area contributed by atoms with Crippen molar-refractivity contribution in [1.82, 2.24) is 19.1 Å². The Balaban J connectivity index is 2.02. The Kier molecular flexibility index (Phi) is 2.35. The smallest absolute Gasteiger partial charge is 0.0945 e. The fourth-order valence-electron chi connectivity index (χ4n) is 1.51. The Bertz CT molecular complexity index is 373. The maximum absolute atomic E-state index is 4.08. The van der Waals surface area contributed by atoms with Crippen molar-refractivity contribution in [3.05, 3.63) is 36.4 Å². The highest BCUT2D eigenvalue weighted by Crippen LogP contribution is 2.04. The average molecular weight is 190 g/mol. The number of rotatable bonds is 3. The minimum atomic E-state index is 1.01. The molecule has 0 amide bonds. The predicted molar refractivity (Wildman–Crippen MR) is 53.8 cm³/mol. The monoisotopic (exact) mass is 190 g/mol. The fraction of sp³-hybridized carbons (Fsp3) is 0.400. The molecule has 0 saturated carbocycles. The van der Waals surface area contributed by atoms with Crippen LogP contribution in [0.1, 0.15) is 11.4 Å². The SMILES string of the molecule is Cn1cncc1CCc1cncn1C. The van der Waals surface area contributed by atoms with Crippen molar-refractivity contribution in [1.29, 1.82) is 0 Å². The molecule has 0 radical (unpaired) electrons. The summed E-state index contributed by atoms with van der Waals surface area (Å²) < 4.78 is 4.10. The molecule has 0 aromatic carbocycles. The van der Waals surface area contributed by atoms with Gasteiger partial charge in [-0.05, 0) is 12.8 Å². The highest BCUT2D eigenvalue weighted by molar-refractivity contribution is 5.04. The van der Waals surface area contributed by atoms with Crippen LogP contribution in [0.3, 0.4) is 0 Å². The third kappa shape index (κ3) is 1.69. The minimum absolute atomic E-state index is 1.01. The standard InChI is InChI=1S/C10H14N4/c1-13-7-11-5-9(13)3-4-10-6-12-8-14(10)2/h5-8H,3-4H2,1-2H3. The summed E-state index contributed by atoms with van der Waals surface area (Å²) in [4.78, 5) is 8.17. The summed E-state index contributed by atoms with van der Waals surface area (Å²) in [6.45, 7) is 0. The molecule has 14 heavy (non-hydrogen) atoms. The van der Waals surface area contributed by atoms with Crippen LogP contribution in [-0.4, -0.2) is 19.1 Å². The van der Waals surface area contributed by atoms with Crippen molar-refractivity contribution in [2.75, 3.05) is 0 Å². The summed E-state index contributed by atoms with van der Waals surface area (Å²) in [5.74, 6) is 0. The lowest BCUT2D eigenvalue weighted by atomic mass is 10.2. The molecular weight excluding hydrogens is 176 g/mol. The van der Waals surface area contributed by atoms with E-state index in [4.69, 9.17) is 0 Å². The van der Waals surface area contributed by atoms with E-state index in [2.05, 4.69) is 19.1 Å². The van der Waals surface area contributed by atoms with Crippen molar-refractivity contribution < 1.29 is 0 Å². The second kappa shape index (κ2) is 3.65. The maximum atomic E-state index is 4.08. The quantitative estimate of drug-likeness (QED) is 0.722. The molecular formula is C10H14N4. The van der Waals surface area contributed by atoms with Crippen LogP contribution in [0, 0.1) is 0 Å². The van der Waals surface area contributed by atoms with Crippen LogP contribution in [-0.2, 0) is 26.9 Å². The first kappa shape index (κ1) is 8.99. The molecule has 0 N–H and O–H groups in total.